The van der Waals surface area contributed by atoms with Crippen molar-refractivity contribution >= 4 is 35.0 Å². The SMILES string of the molecule is CC(=O)OC[C@H]1[C@@H](OC(C)=O)[C@H](n2ccc(=O)[nH]c2=O)O[C@@H]1COP(=O)(O)OP(=O)(O)CP(=O)(O)O. The topological polar surface area (TPSA) is 267 Å². The molecule has 2 rings (SSSR count). The van der Waals surface area contributed by atoms with E-state index in [-0.39, 0.29) is 0 Å². The second kappa shape index (κ2) is 11.6. The first-order chi connectivity index (χ1) is 16.4. The van der Waals surface area contributed by atoms with Gasteiger partial charge in [-0.2, -0.15) is 0 Å². The Kier molecular flexibility index (Phi) is 9.76. The molecule has 1 saturated heterocycles. The molecule has 0 amide bonds. The Bertz CT molecular complexity index is 1240. The smallest absolute Gasteiger partial charge is 0.465 e. The Morgan fingerprint density at radius 1 is 1.08 bits per heavy atom. The minimum absolute atomic E-state index is 0.511. The molecule has 1 fully saturated rings. The van der Waals surface area contributed by atoms with Gasteiger partial charge in [-0.1, -0.05) is 0 Å². The first-order valence-electron chi connectivity index (χ1n) is 9.72. The summed E-state index contributed by atoms with van der Waals surface area (Å²) in [5.41, 5.74) is -1.73. The van der Waals surface area contributed by atoms with E-state index in [9.17, 15) is 42.7 Å². The van der Waals surface area contributed by atoms with Crippen LogP contribution in [-0.2, 0) is 46.3 Å². The molecule has 18 nitrogen and oxygen atoms in total. The number of H-pyrrole nitrogens is 1. The van der Waals surface area contributed by atoms with Crippen LogP contribution >= 0.6 is 23.0 Å². The Morgan fingerprint density at radius 3 is 2.25 bits per heavy atom. The lowest BCUT2D eigenvalue weighted by atomic mass is 9.99. The fraction of sp³-hybridized carbons (Fsp3) is 0.600. The van der Waals surface area contributed by atoms with E-state index in [4.69, 9.17) is 24.0 Å². The number of rotatable bonds is 11. The number of aromatic amines is 1. The fourth-order valence-electron chi connectivity index (χ4n) is 3.16. The van der Waals surface area contributed by atoms with Crippen LogP contribution in [0.5, 0.6) is 0 Å². The van der Waals surface area contributed by atoms with Crippen molar-refractivity contribution in [3.8, 4) is 0 Å². The van der Waals surface area contributed by atoms with Crippen LogP contribution in [0.4, 0.5) is 0 Å². The van der Waals surface area contributed by atoms with Crippen molar-refractivity contribution in [2.45, 2.75) is 32.3 Å². The maximum atomic E-state index is 12.3. The molecule has 1 aliphatic heterocycles. The average molecular weight is 580 g/mol. The minimum Gasteiger partial charge on any atom is -0.465 e. The molecule has 0 spiro atoms. The van der Waals surface area contributed by atoms with Crippen LogP contribution in [0.1, 0.15) is 20.1 Å². The molecule has 21 heteroatoms. The van der Waals surface area contributed by atoms with Gasteiger partial charge in [0.05, 0.1) is 18.6 Å². The normalized spacial score (nSPS) is 25.5. The zero-order valence-corrected chi connectivity index (χ0v) is 21.2. The number of nitrogens with zero attached hydrogens (tertiary/aromatic N) is 1. The molecule has 2 heterocycles. The molecule has 2 unspecified atom stereocenters. The van der Waals surface area contributed by atoms with Gasteiger partial charge < -0.3 is 33.8 Å². The van der Waals surface area contributed by atoms with E-state index in [2.05, 4.69) is 8.83 Å². The Morgan fingerprint density at radius 2 is 1.72 bits per heavy atom. The van der Waals surface area contributed by atoms with Crippen LogP contribution < -0.4 is 11.2 Å². The van der Waals surface area contributed by atoms with Crippen molar-refractivity contribution in [3.63, 3.8) is 0 Å². The molecular formula is C15H23N2O16P3. The second-order valence-electron chi connectivity index (χ2n) is 7.41. The summed E-state index contributed by atoms with van der Waals surface area (Å²) in [4.78, 5) is 85.5. The summed E-state index contributed by atoms with van der Waals surface area (Å²) < 4.78 is 60.1. The van der Waals surface area contributed by atoms with E-state index in [1.807, 2.05) is 4.98 Å². The number of hydrogen-bond acceptors (Lipinski definition) is 12. The summed E-state index contributed by atoms with van der Waals surface area (Å²) in [5.74, 6) is -4.53. The van der Waals surface area contributed by atoms with E-state index in [0.29, 0.717) is 0 Å². The third-order valence-corrected chi connectivity index (χ3v) is 9.62. The van der Waals surface area contributed by atoms with Gasteiger partial charge in [0.25, 0.3) is 5.56 Å². The maximum absolute atomic E-state index is 12.3. The summed E-state index contributed by atoms with van der Waals surface area (Å²) in [6.07, 6.45) is -3.19. The Labute approximate surface area is 201 Å². The number of nitrogens with one attached hydrogen (secondary N) is 1. The van der Waals surface area contributed by atoms with Crippen molar-refractivity contribution in [2.24, 2.45) is 5.92 Å². The van der Waals surface area contributed by atoms with Crippen LogP contribution in [0.3, 0.4) is 0 Å². The van der Waals surface area contributed by atoms with E-state index in [1.165, 1.54) is 0 Å². The molecule has 0 aliphatic carbocycles. The number of aromatic nitrogens is 2. The van der Waals surface area contributed by atoms with Crippen molar-refractivity contribution < 1.29 is 65.9 Å². The molecule has 6 atom stereocenters. The van der Waals surface area contributed by atoms with E-state index >= 15 is 0 Å². The van der Waals surface area contributed by atoms with Crippen LogP contribution in [0.2, 0.25) is 0 Å². The monoisotopic (exact) mass is 580 g/mol. The maximum Gasteiger partial charge on any atom is 0.479 e. The standard InChI is InChI=1S/C15H23N2O16P3/c1-8(18)29-5-10-11(6-30-36(27,28)33-35(25,26)7-34(22,23)24)32-14(13(10)31-9(2)19)17-4-3-12(20)16-15(17)21/h3-4,10-11,13-14H,5-7H2,1-2H3,(H,25,26)(H,27,28)(H,16,20,21)(H2,22,23,24)/t10-,11-,13-,14-/m1/s1. The van der Waals surface area contributed by atoms with Gasteiger partial charge in [0.2, 0.25) is 0 Å². The Hall–Kier alpha value is -1.97. The third-order valence-electron chi connectivity index (χ3n) is 4.40. The van der Waals surface area contributed by atoms with Crippen molar-refractivity contribution in [2.75, 3.05) is 19.1 Å². The summed E-state index contributed by atoms with van der Waals surface area (Å²) in [5, 5.41) is 0. The lowest BCUT2D eigenvalue weighted by molar-refractivity contribution is -0.155. The molecule has 0 saturated carbocycles. The number of esters is 2. The largest absolute Gasteiger partial charge is 0.479 e. The summed E-state index contributed by atoms with van der Waals surface area (Å²) in [6.45, 7) is 0.627. The molecule has 5 N–H and O–H groups in total. The van der Waals surface area contributed by atoms with Gasteiger partial charge in [0, 0.05) is 26.1 Å². The lowest BCUT2D eigenvalue weighted by Gasteiger charge is -2.24. The molecule has 36 heavy (non-hydrogen) atoms. The molecule has 0 radical (unpaired) electrons. The van der Waals surface area contributed by atoms with Crippen LogP contribution in [0.25, 0.3) is 0 Å². The van der Waals surface area contributed by atoms with Gasteiger partial charge in [-0.05, 0) is 0 Å². The van der Waals surface area contributed by atoms with E-state index in [0.717, 1.165) is 30.7 Å². The zero-order chi connectivity index (χ0) is 27.5. The van der Waals surface area contributed by atoms with Crippen molar-refractivity contribution in [3.05, 3.63) is 33.1 Å². The van der Waals surface area contributed by atoms with Gasteiger partial charge in [0.15, 0.2) is 18.2 Å². The number of carbonyl (C=O) groups excluding carboxylic acids is 2. The number of hydrogen-bond donors (Lipinski definition) is 5. The molecule has 0 bridgehead atoms. The highest BCUT2D eigenvalue weighted by Crippen LogP contribution is 2.65. The molecule has 1 aliphatic rings. The first-order valence-corrected chi connectivity index (χ1v) is 14.8. The zero-order valence-electron chi connectivity index (χ0n) is 18.6. The second-order valence-corrected chi connectivity index (χ2v) is 13.0. The minimum atomic E-state index is -5.44. The first kappa shape index (κ1) is 30.3. The highest BCUT2D eigenvalue weighted by Gasteiger charge is 2.50. The van der Waals surface area contributed by atoms with Gasteiger partial charge in [-0.15, -0.1) is 0 Å². The average Bonchev–Trinajstić information content (AvgIpc) is 2.98. The quantitative estimate of drug-likeness (QED) is 0.155. The molecule has 0 aromatic carbocycles. The molecule has 1 aromatic heterocycles. The summed E-state index contributed by atoms with van der Waals surface area (Å²) in [6, 6.07) is 0.954. The molecular weight excluding hydrogens is 557 g/mol. The van der Waals surface area contributed by atoms with E-state index < -0.39 is 89.7 Å². The number of carbonyl (C=O) groups is 2. The Balaban J connectivity index is 2.33. The molecule has 204 valence electrons. The molecule has 1 aromatic rings. The predicted molar refractivity (Wildman–Crippen MR) is 115 cm³/mol. The van der Waals surface area contributed by atoms with Gasteiger partial charge in [-0.3, -0.25) is 37.6 Å². The van der Waals surface area contributed by atoms with Crippen molar-refractivity contribution in [1.29, 1.82) is 0 Å². The van der Waals surface area contributed by atoms with Gasteiger partial charge >= 0.3 is 40.6 Å². The van der Waals surface area contributed by atoms with E-state index in [1.54, 1.807) is 0 Å². The van der Waals surface area contributed by atoms with Gasteiger partial charge in [0.1, 0.15) is 6.61 Å². The van der Waals surface area contributed by atoms with Crippen LogP contribution in [0, 0.1) is 5.92 Å². The van der Waals surface area contributed by atoms with Gasteiger partial charge in [-0.25, -0.2) is 13.7 Å². The highest BCUT2D eigenvalue weighted by molar-refractivity contribution is 7.73. The van der Waals surface area contributed by atoms with Crippen molar-refractivity contribution in [1.82, 2.24) is 9.55 Å². The number of phosphoric acid groups is 1. The van der Waals surface area contributed by atoms with Crippen LogP contribution in [0.15, 0.2) is 21.9 Å². The summed E-state index contributed by atoms with van der Waals surface area (Å²) in [7, 11) is -15.9. The number of phosphoric ester groups is 1. The fourth-order valence-corrected chi connectivity index (χ4v) is 7.51. The predicted octanol–water partition coefficient (Wildman–Crippen LogP) is -1.00. The van der Waals surface area contributed by atoms with Crippen LogP contribution in [-0.4, -0.2) is 72.4 Å². The summed E-state index contributed by atoms with van der Waals surface area (Å²) >= 11 is 0. The third kappa shape index (κ3) is 9.16. The highest BCUT2D eigenvalue weighted by atomic mass is 31.3. The lowest BCUT2D eigenvalue weighted by Crippen LogP contribution is -2.39. The number of ether oxygens (including phenoxy) is 3.